The molecule has 1 saturated heterocycles. The third-order valence-corrected chi connectivity index (χ3v) is 11.2. The summed E-state index contributed by atoms with van der Waals surface area (Å²) in [5.74, 6) is 0. The molecule has 2 unspecified atom stereocenters. The maximum Gasteiger partial charge on any atom is 0.0859 e. The summed E-state index contributed by atoms with van der Waals surface area (Å²) < 4.78 is 2.43. The van der Waals surface area contributed by atoms with Gasteiger partial charge in [0.25, 0.3) is 0 Å². The number of aromatic nitrogens is 1. The average molecular weight is 763 g/mol. The zero-order chi connectivity index (χ0) is 40.3. The van der Waals surface area contributed by atoms with E-state index < -0.39 is 0 Å². The van der Waals surface area contributed by atoms with E-state index in [2.05, 4.69) is 185 Å². The first kappa shape index (κ1) is 40.4. The van der Waals surface area contributed by atoms with Gasteiger partial charge < -0.3 is 4.57 Å². The second-order valence-electron chi connectivity index (χ2n) is 14.5. The molecule has 2 heterocycles. The van der Waals surface area contributed by atoms with Crippen molar-refractivity contribution in [2.75, 3.05) is 6.67 Å². The molecule has 2 atom stereocenters. The number of hydrogen-bond acceptors (Lipinski definition) is 3. The molecule has 3 N–H and O–H groups in total. The zero-order valence-corrected chi connectivity index (χ0v) is 34.8. The van der Waals surface area contributed by atoms with E-state index in [4.69, 9.17) is 0 Å². The standard InChI is InChI=1S/C35H29N.C15H17N3.2C2H6/c1-36-33-22-28(26-18-16-25(17-19-26)24-10-4-2-5-11-24)20-21-31(33)35-30-15-9-8-14-29(30)32(23-34(35)36)27-12-6-3-7-13-27;1-3-7-12(8-4-1)14-16-11-17-15(18-14)13-9-5-2-6-10-13;2*1-2/h2-6,8-12,14-19,22-23H,7,13,20-21H2,1H3;1-10,14-18H,11H2;2*1-2H3. The zero-order valence-electron chi connectivity index (χ0n) is 34.8. The summed E-state index contributed by atoms with van der Waals surface area (Å²) in [4.78, 5) is 0. The van der Waals surface area contributed by atoms with Gasteiger partial charge in [-0.15, -0.1) is 0 Å². The number of rotatable bonds is 5. The summed E-state index contributed by atoms with van der Waals surface area (Å²) >= 11 is 0. The molecule has 294 valence electrons. The predicted molar refractivity (Wildman–Crippen MR) is 250 cm³/mol. The lowest BCUT2D eigenvalue weighted by Gasteiger charge is -2.33. The Morgan fingerprint density at radius 1 is 0.552 bits per heavy atom. The Balaban J connectivity index is 0.000000196. The van der Waals surface area contributed by atoms with Crippen LogP contribution in [-0.4, -0.2) is 11.2 Å². The van der Waals surface area contributed by atoms with Crippen LogP contribution in [0.4, 0.5) is 0 Å². The van der Waals surface area contributed by atoms with Crippen molar-refractivity contribution < 1.29 is 0 Å². The van der Waals surface area contributed by atoms with Crippen LogP contribution in [0.5, 0.6) is 0 Å². The molecule has 0 radical (unpaired) electrons. The van der Waals surface area contributed by atoms with E-state index in [1.165, 1.54) is 77.5 Å². The van der Waals surface area contributed by atoms with Crippen molar-refractivity contribution in [2.45, 2.75) is 65.7 Å². The maximum absolute atomic E-state index is 3.56. The molecule has 1 aliphatic heterocycles. The molecule has 10 rings (SSSR count). The molecule has 6 aromatic carbocycles. The fraction of sp³-hybridized carbons (Fsp3) is 0.222. The summed E-state index contributed by atoms with van der Waals surface area (Å²) in [5, 5.41) is 14.6. The number of fused-ring (bicyclic) bond motifs is 5. The number of nitrogens with zero attached hydrogens (tertiary/aromatic N) is 1. The van der Waals surface area contributed by atoms with Gasteiger partial charge in [0.2, 0.25) is 0 Å². The van der Waals surface area contributed by atoms with Gasteiger partial charge >= 0.3 is 0 Å². The number of aryl methyl sites for hydroxylation is 2. The van der Waals surface area contributed by atoms with Crippen LogP contribution in [0.3, 0.4) is 0 Å². The van der Waals surface area contributed by atoms with Gasteiger partial charge in [-0.1, -0.05) is 185 Å². The Kier molecular flexibility index (Phi) is 13.6. The van der Waals surface area contributed by atoms with Crippen molar-refractivity contribution in [2.24, 2.45) is 7.05 Å². The van der Waals surface area contributed by atoms with Crippen LogP contribution in [0.2, 0.25) is 0 Å². The largest absolute Gasteiger partial charge is 0.344 e. The van der Waals surface area contributed by atoms with E-state index in [0.717, 1.165) is 32.4 Å². The highest BCUT2D eigenvalue weighted by atomic mass is 15.3. The highest BCUT2D eigenvalue weighted by Gasteiger charge is 2.24. The highest BCUT2D eigenvalue weighted by Crippen LogP contribution is 2.42. The van der Waals surface area contributed by atoms with Crippen molar-refractivity contribution in [3.8, 4) is 11.1 Å². The Hall–Kier alpha value is -5.78. The summed E-state index contributed by atoms with van der Waals surface area (Å²) in [5.41, 5.74) is 14.9. The molecule has 0 spiro atoms. The number of benzene rings is 6. The monoisotopic (exact) mass is 762 g/mol. The number of allylic oxidation sites excluding steroid dienone is 5. The molecule has 1 aromatic heterocycles. The van der Waals surface area contributed by atoms with Crippen LogP contribution < -0.4 is 16.0 Å². The van der Waals surface area contributed by atoms with Crippen LogP contribution in [-0.2, 0) is 13.5 Å². The first-order valence-corrected chi connectivity index (χ1v) is 21.3. The Labute approximate surface area is 346 Å². The first-order valence-electron chi connectivity index (χ1n) is 21.3. The molecule has 0 amide bonds. The number of hydrogen-bond donors (Lipinski definition) is 3. The maximum atomic E-state index is 3.56. The van der Waals surface area contributed by atoms with E-state index in [9.17, 15) is 0 Å². The van der Waals surface area contributed by atoms with Crippen molar-refractivity contribution >= 4 is 38.9 Å². The molecule has 4 heteroatoms. The lowest BCUT2D eigenvalue weighted by atomic mass is 9.87. The Bertz CT molecular complexity index is 2450. The van der Waals surface area contributed by atoms with Gasteiger partial charge in [0.15, 0.2) is 0 Å². The summed E-state index contributed by atoms with van der Waals surface area (Å²) in [6.45, 7) is 8.80. The second-order valence-corrected chi connectivity index (χ2v) is 14.5. The lowest BCUT2D eigenvalue weighted by Crippen LogP contribution is -2.52. The van der Waals surface area contributed by atoms with Crippen LogP contribution in [0, 0.1) is 0 Å². The van der Waals surface area contributed by atoms with Gasteiger partial charge in [0.05, 0.1) is 12.3 Å². The predicted octanol–water partition coefficient (Wildman–Crippen LogP) is 13.4. The smallest absolute Gasteiger partial charge is 0.0859 e. The van der Waals surface area contributed by atoms with E-state index in [0.29, 0.717) is 0 Å². The van der Waals surface area contributed by atoms with E-state index >= 15 is 0 Å². The minimum absolute atomic E-state index is 0.192. The topological polar surface area (TPSA) is 41.0 Å². The molecule has 58 heavy (non-hydrogen) atoms. The highest BCUT2D eigenvalue weighted by molar-refractivity contribution is 6.14. The Morgan fingerprint density at radius 3 is 1.71 bits per heavy atom. The summed E-state index contributed by atoms with van der Waals surface area (Å²) in [7, 11) is 2.24. The van der Waals surface area contributed by atoms with Gasteiger partial charge in [0.1, 0.15) is 0 Å². The average Bonchev–Trinajstić information content (AvgIpc) is 3.62. The molecule has 2 aliphatic carbocycles. The van der Waals surface area contributed by atoms with E-state index in [-0.39, 0.29) is 12.3 Å². The van der Waals surface area contributed by atoms with Gasteiger partial charge in [-0.2, -0.15) is 0 Å². The minimum Gasteiger partial charge on any atom is -0.344 e. The SMILES string of the molecule is CC.CC.Cn1c2c(c3c4ccccc4c(C4=CC=CCC4)cc31)CCC(c1ccc(-c3ccccc3)cc1)=C2.c1ccc(C2NCNC(c3ccccc3)N2)cc1. The molecule has 3 aliphatic rings. The Morgan fingerprint density at radius 2 is 1.10 bits per heavy atom. The van der Waals surface area contributed by atoms with Gasteiger partial charge in [-0.25, -0.2) is 0 Å². The molecule has 1 fully saturated rings. The van der Waals surface area contributed by atoms with E-state index in [1.807, 2.05) is 39.8 Å². The number of nitrogens with one attached hydrogen (secondary N) is 3. The minimum atomic E-state index is 0.192. The molecule has 4 nitrogen and oxygen atoms in total. The normalized spacial score (nSPS) is 17.0. The van der Waals surface area contributed by atoms with Gasteiger partial charge in [0, 0.05) is 30.3 Å². The second kappa shape index (κ2) is 19.6. The molecule has 7 aromatic rings. The molecule has 0 bridgehead atoms. The first-order chi connectivity index (χ1) is 28.7. The third kappa shape index (κ3) is 8.71. The fourth-order valence-corrected chi connectivity index (χ4v) is 8.43. The van der Waals surface area contributed by atoms with E-state index in [1.54, 1.807) is 0 Å². The quantitative estimate of drug-likeness (QED) is 0.164. The van der Waals surface area contributed by atoms with Gasteiger partial charge in [-0.05, 0) is 98.7 Å². The summed E-state index contributed by atoms with van der Waals surface area (Å²) in [6.07, 6.45) is 14.0. The van der Waals surface area contributed by atoms with Crippen LogP contribution in [0.25, 0.3) is 50.0 Å². The van der Waals surface area contributed by atoms with Crippen molar-refractivity contribution in [1.29, 1.82) is 0 Å². The third-order valence-electron chi connectivity index (χ3n) is 11.2. The van der Waals surface area contributed by atoms with Crippen LogP contribution >= 0.6 is 0 Å². The van der Waals surface area contributed by atoms with Crippen LogP contribution in [0.1, 0.15) is 92.8 Å². The lowest BCUT2D eigenvalue weighted by molar-refractivity contribution is 0.267. The van der Waals surface area contributed by atoms with Crippen molar-refractivity contribution in [1.82, 2.24) is 20.5 Å². The molecular weight excluding hydrogens is 705 g/mol. The van der Waals surface area contributed by atoms with Gasteiger partial charge in [-0.3, -0.25) is 16.0 Å². The van der Waals surface area contributed by atoms with Crippen molar-refractivity contribution in [3.05, 3.63) is 197 Å². The van der Waals surface area contributed by atoms with Crippen LogP contribution in [0.15, 0.2) is 164 Å². The van der Waals surface area contributed by atoms with Crippen molar-refractivity contribution in [3.63, 3.8) is 0 Å². The fourth-order valence-electron chi connectivity index (χ4n) is 8.43. The molecular formula is C54H58N4. The summed E-state index contributed by atoms with van der Waals surface area (Å²) in [6, 6.07) is 52.1. The molecule has 0 saturated carbocycles.